The molecule has 0 saturated carbocycles. The molecule has 8 heteroatoms. The maximum atomic E-state index is 13.9. The van der Waals surface area contributed by atoms with Crippen LogP contribution in [0.5, 0.6) is 0 Å². The molecule has 3 N–H and O–H groups in total. The van der Waals surface area contributed by atoms with E-state index < -0.39 is 5.41 Å². The summed E-state index contributed by atoms with van der Waals surface area (Å²) in [6.45, 7) is 5.61. The standard InChI is InChI=1S/C30H25FN6O/c1-30(2,3)29(38)34-21-10-19(13-32-14-21)17-7-8-25-23(11-17)28(37-36-25)26-12-22-24(15-33-16-27(22)35-26)18-5-4-6-20(31)9-18/h4-16,35H,1-3H3,(H,34,38)(H,36,37). The minimum Gasteiger partial charge on any atom is -0.352 e. The Morgan fingerprint density at radius 2 is 1.68 bits per heavy atom. The third-order valence-electron chi connectivity index (χ3n) is 6.51. The fraction of sp³-hybridized carbons (Fsp3) is 0.133. The number of nitrogens with one attached hydrogen (secondary N) is 3. The Kier molecular flexibility index (Phi) is 5.52. The van der Waals surface area contributed by atoms with Crippen molar-refractivity contribution in [2.24, 2.45) is 5.41 Å². The summed E-state index contributed by atoms with van der Waals surface area (Å²) in [5.41, 5.74) is 6.84. The molecule has 4 heterocycles. The molecule has 188 valence electrons. The van der Waals surface area contributed by atoms with Gasteiger partial charge < -0.3 is 10.3 Å². The van der Waals surface area contributed by atoms with E-state index >= 15 is 0 Å². The summed E-state index contributed by atoms with van der Waals surface area (Å²) in [4.78, 5) is 24.6. The predicted octanol–water partition coefficient (Wildman–Crippen LogP) is 6.96. The van der Waals surface area contributed by atoms with Crippen LogP contribution in [0.15, 0.2) is 79.4 Å². The van der Waals surface area contributed by atoms with Crippen molar-refractivity contribution in [1.29, 1.82) is 0 Å². The van der Waals surface area contributed by atoms with Crippen molar-refractivity contribution in [2.75, 3.05) is 5.32 Å². The first-order valence-corrected chi connectivity index (χ1v) is 12.2. The molecule has 0 aliphatic rings. The van der Waals surface area contributed by atoms with Gasteiger partial charge in [-0.2, -0.15) is 5.10 Å². The van der Waals surface area contributed by atoms with Crippen LogP contribution in [0.3, 0.4) is 0 Å². The van der Waals surface area contributed by atoms with E-state index in [1.807, 2.05) is 51.1 Å². The quantitative estimate of drug-likeness (QED) is 0.242. The minimum absolute atomic E-state index is 0.0741. The molecule has 6 aromatic rings. The van der Waals surface area contributed by atoms with Crippen LogP contribution >= 0.6 is 0 Å². The van der Waals surface area contributed by atoms with Gasteiger partial charge in [0.15, 0.2) is 0 Å². The van der Waals surface area contributed by atoms with Crippen LogP contribution < -0.4 is 5.32 Å². The molecule has 0 aliphatic heterocycles. The number of rotatable bonds is 4. The molecule has 0 atom stereocenters. The number of amides is 1. The number of carbonyl (C=O) groups excluding carboxylic acids is 1. The average Bonchev–Trinajstić information content (AvgIpc) is 3.52. The number of aromatic nitrogens is 5. The van der Waals surface area contributed by atoms with Crippen molar-refractivity contribution in [2.45, 2.75) is 20.8 Å². The average molecular weight is 505 g/mol. The lowest BCUT2D eigenvalue weighted by Gasteiger charge is -2.17. The smallest absolute Gasteiger partial charge is 0.229 e. The van der Waals surface area contributed by atoms with Crippen molar-refractivity contribution in [3.8, 4) is 33.6 Å². The summed E-state index contributed by atoms with van der Waals surface area (Å²) in [7, 11) is 0. The van der Waals surface area contributed by atoms with Crippen LogP contribution in [0, 0.1) is 11.2 Å². The fourth-order valence-corrected chi connectivity index (χ4v) is 4.45. The second-order valence-corrected chi connectivity index (χ2v) is 10.3. The van der Waals surface area contributed by atoms with Gasteiger partial charge in [0.2, 0.25) is 5.91 Å². The second-order valence-electron chi connectivity index (χ2n) is 10.3. The number of fused-ring (bicyclic) bond motifs is 2. The van der Waals surface area contributed by atoms with E-state index in [9.17, 15) is 9.18 Å². The number of benzene rings is 2. The Morgan fingerprint density at radius 1 is 0.842 bits per heavy atom. The van der Waals surface area contributed by atoms with Gasteiger partial charge in [0, 0.05) is 39.7 Å². The van der Waals surface area contributed by atoms with Crippen molar-refractivity contribution >= 4 is 33.4 Å². The van der Waals surface area contributed by atoms with E-state index in [0.717, 1.165) is 55.4 Å². The number of carbonyl (C=O) groups is 1. The molecule has 0 fully saturated rings. The molecule has 0 spiro atoms. The van der Waals surface area contributed by atoms with Gasteiger partial charge in [0.1, 0.15) is 11.5 Å². The lowest BCUT2D eigenvalue weighted by molar-refractivity contribution is -0.123. The highest BCUT2D eigenvalue weighted by molar-refractivity contribution is 6.01. The minimum atomic E-state index is -0.510. The van der Waals surface area contributed by atoms with Gasteiger partial charge >= 0.3 is 0 Å². The summed E-state index contributed by atoms with van der Waals surface area (Å²) in [5, 5.41) is 12.5. The molecule has 0 bridgehead atoms. The molecule has 0 saturated heterocycles. The van der Waals surface area contributed by atoms with Crippen molar-refractivity contribution < 1.29 is 9.18 Å². The summed E-state index contributed by atoms with van der Waals surface area (Å²) < 4.78 is 13.9. The van der Waals surface area contributed by atoms with Gasteiger partial charge in [-0.15, -0.1) is 0 Å². The Labute approximate surface area is 218 Å². The van der Waals surface area contributed by atoms with E-state index in [0.29, 0.717) is 5.69 Å². The zero-order valence-electron chi connectivity index (χ0n) is 21.1. The number of hydrogen-bond donors (Lipinski definition) is 3. The van der Waals surface area contributed by atoms with Gasteiger partial charge in [0.05, 0.1) is 34.8 Å². The molecule has 0 aliphatic carbocycles. The van der Waals surface area contributed by atoms with Crippen LogP contribution in [-0.4, -0.2) is 31.1 Å². The number of anilines is 1. The Balaban J connectivity index is 1.40. The number of H-pyrrole nitrogens is 2. The van der Waals surface area contributed by atoms with E-state index in [-0.39, 0.29) is 11.7 Å². The Morgan fingerprint density at radius 3 is 2.50 bits per heavy atom. The highest BCUT2D eigenvalue weighted by Crippen LogP contribution is 2.35. The first-order chi connectivity index (χ1) is 18.3. The van der Waals surface area contributed by atoms with Crippen LogP contribution in [0.25, 0.3) is 55.4 Å². The zero-order chi connectivity index (χ0) is 26.4. The van der Waals surface area contributed by atoms with Crippen LogP contribution in [0.1, 0.15) is 20.8 Å². The second kappa shape index (κ2) is 8.92. The van der Waals surface area contributed by atoms with Gasteiger partial charge in [-0.3, -0.25) is 19.9 Å². The Bertz CT molecular complexity index is 1830. The van der Waals surface area contributed by atoms with E-state index in [1.165, 1.54) is 12.1 Å². The molecule has 4 aromatic heterocycles. The van der Waals surface area contributed by atoms with Gasteiger partial charge in [-0.25, -0.2) is 4.39 Å². The number of pyridine rings is 2. The molecule has 2 aromatic carbocycles. The van der Waals surface area contributed by atoms with Gasteiger partial charge in [-0.1, -0.05) is 39.0 Å². The third-order valence-corrected chi connectivity index (χ3v) is 6.51. The highest BCUT2D eigenvalue weighted by atomic mass is 19.1. The molecule has 38 heavy (non-hydrogen) atoms. The molecule has 1 amide bonds. The van der Waals surface area contributed by atoms with Crippen molar-refractivity contribution in [1.82, 2.24) is 25.1 Å². The van der Waals surface area contributed by atoms with Crippen molar-refractivity contribution in [3.05, 3.63) is 85.2 Å². The summed E-state index contributed by atoms with van der Waals surface area (Å²) in [5.74, 6) is -0.368. The number of nitrogens with zero attached hydrogens (tertiary/aromatic N) is 3. The summed E-state index contributed by atoms with van der Waals surface area (Å²) in [6, 6.07) is 16.5. The molecule has 7 nitrogen and oxygen atoms in total. The van der Waals surface area contributed by atoms with E-state index in [2.05, 4.69) is 36.5 Å². The SMILES string of the molecule is CC(C)(C)C(=O)Nc1cncc(-c2ccc3[nH]nc(-c4cc5c(-c6cccc(F)c6)cncc5[nH]4)c3c2)c1. The monoisotopic (exact) mass is 504 g/mol. The van der Waals surface area contributed by atoms with E-state index in [1.54, 1.807) is 30.9 Å². The number of aromatic amines is 2. The Hall–Kier alpha value is -4.85. The normalized spacial score (nSPS) is 11.8. The van der Waals surface area contributed by atoms with Crippen LogP contribution in [0.4, 0.5) is 10.1 Å². The third kappa shape index (κ3) is 4.30. The summed E-state index contributed by atoms with van der Waals surface area (Å²) in [6.07, 6.45) is 6.91. The van der Waals surface area contributed by atoms with Gasteiger partial charge in [0.25, 0.3) is 0 Å². The first-order valence-electron chi connectivity index (χ1n) is 12.2. The molecular formula is C30H25FN6O. The highest BCUT2D eigenvalue weighted by Gasteiger charge is 2.21. The van der Waals surface area contributed by atoms with Crippen LogP contribution in [0.2, 0.25) is 0 Å². The van der Waals surface area contributed by atoms with E-state index in [4.69, 9.17) is 0 Å². The fourth-order valence-electron chi connectivity index (χ4n) is 4.45. The lowest BCUT2D eigenvalue weighted by atomic mass is 9.95. The largest absolute Gasteiger partial charge is 0.352 e. The summed E-state index contributed by atoms with van der Waals surface area (Å²) >= 11 is 0. The van der Waals surface area contributed by atoms with Crippen molar-refractivity contribution in [3.63, 3.8) is 0 Å². The van der Waals surface area contributed by atoms with Crippen LogP contribution in [-0.2, 0) is 4.79 Å². The molecule has 6 rings (SSSR count). The number of hydrogen-bond acceptors (Lipinski definition) is 4. The molecular weight excluding hydrogens is 479 g/mol. The maximum absolute atomic E-state index is 13.9. The van der Waals surface area contributed by atoms with Gasteiger partial charge in [-0.05, 0) is 47.5 Å². The topological polar surface area (TPSA) is 99.3 Å². The maximum Gasteiger partial charge on any atom is 0.229 e. The zero-order valence-corrected chi connectivity index (χ0v) is 21.1. The molecule has 0 unspecified atom stereocenters. The lowest BCUT2D eigenvalue weighted by Crippen LogP contribution is -2.27. The molecule has 0 radical (unpaired) electrons. The first kappa shape index (κ1) is 23.5. The predicted molar refractivity (Wildman–Crippen MR) is 148 cm³/mol. The number of halogens is 1.